The number of urea groups is 1. The van der Waals surface area contributed by atoms with Crippen LogP contribution in [-0.2, 0) is 9.59 Å². The Kier molecular flexibility index (Phi) is 11.7. The molecule has 0 radical (unpaired) electrons. The van der Waals surface area contributed by atoms with E-state index in [1.54, 1.807) is 34.8 Å². The molecule has 3 fully saturated rings. The molecule has 1 aromatic heterocycles. The molecule has 5 amide bonds. The van der Waals surface area contributed by atoms with E-state index >= 15 is 4.39 Å². The maximum Gasteiger partial charge on any atom is 0.315 e. The first-order valence-corrected chi connectivity index (χ1v) is 17.5. The van der Waals surface area contributed by atoms with Gasteiger partial charge >= 0.3 is 6.03 Å². The molecule has 2 heterocycles. The predicted molar refractivity (Wildman–Crippen MR) is 181 cm³/mol. The minimum absolute atomic E-state index is 0.0163. The Bertz CT molecular complexity index is 1440. The molecule has 1 saturated heterocycles. The van der Waals surface area contributed by atoms with Crippen LogP contribution in [0.15, 0.2) is 30.5 Å². The van der Waals surface area contributed by atoms with Crippen molar-refractivity contribution in [2.75, 3.05) is 38.5 Å². The van der Waals surface area contributed by atoms with E-state index in [1.165, 1.54) is 12.1 Å². The van der Waals surface area contributed by atoms with Crippen LogP contribution in [0.1, 0.15) is 100 Å². The molecule has 0 bridgehead atoms. The van der Waals surface area contributed by atoms with Crippen molar-refractivity contribution in [2.24, 2.45) is 5.92 Å². The van der Waals surface area contributed by atoms with Crippen molar-refractivity contribution in [3.8, 4) is 0 Å². The molecule has 5 rings (SSSR count). The molecule has 1 aliphatic heterocycles. The minimum Gasteiger partial charge on any atom is -0.339 e. The molecule has 12 nitrogen and oxygen atoms in total. The number of benzene rings is 1. The molecule has 0 spiro atoms. The number of likely N-dealkylation sites (N-methyl/N-ethyl adjacent to an activating group) is 1. The van der Waals surface area contributed by atoms with Gasteiger partial charge in [-0.1, -0.05) is 38.7 Å². The average Bonchev–Trinajstić information content (AvgIpc) is 3.80. The summed E-state index contributed by atoms with van der Waals surface area (Å²) in [6.07, 6.45) is 9.00. The van der Waals surface area contributed by atoms with E-state index in [4.69, 9.17) is 0 Å². The number of hydrogen-bond acceptors (Lipinski definition) is 6. The summed E-state index contributed by atoms with van der Waals surface area (Å²) in [6.45, 7) is 8.20. The van der Waals surface area contributed by atoms with E-state index in [2.05, 4.69) is 31.3 Å². The number of hydrogen-bond donors (Lipinski definition) is 4. The van der Waals surface area contributed by atoms with E-state index in [1.807, 2.05) is 20.9 Å². The molecule has 3 unspecified atom stereocenters. The van der Waals surface area contributed by atoms with Crippen LogP contribution in [0.2, 0.25) is 0 Å². The first kappa shape index (κ1) is 35.3. The summed E-state index contributed by atoms with van der Waals surface area (Å²) in [5.41, 5.74) is 0.860. The van der Waals surface area contributed by atoms with E-state index in [0.717, 1.165) is 64.5 Å². The molecule has 1 aromatic carbocycles. The Labute approximate surface area is 282 Å². The van der Waals surface area contributed by atoms with Crippen LogP contribution >= 0.6 is 0 Å². The van der Waals surface area contributed by atoms with Crippen LogP contribution in [0.25, 0.3) is 0 Å². The van der Waals surface area contributed by atoms with E-state index in [-0.39, 0.29) is 29.6 Å². The SMILES string of the molecule is CC(c1ccc(NC(=O)C(NC(=O)c2ccnn2C(C)C)C2CCCCCC2)c(F)c1)C(NC(=O)NC1CC1)C(=O)N1CCN(C)CC1. The summed E-state index contributed by atoms with van der Waals surface area (Å²) < 4.78 is 17.4. The number of carbonyl (C=O) groups excluding carboxylic acids is 4. The van der Waals surface area contributed by atoms with E-state index in [0.29, 0.717) is 24.3 Å². The largest absolute Gasteiger partial charge is 0.339 e. The van der Waals surface area contributed by atoms with Crippen LogP contribution in [0.3, 0.4) is 0 Å². The lowest BCUT2D eigenvalue weighted by Crippen LogP contribution is -2.57. The second-order valence-electron chi connectivity index (χ2n) is 14.0. The fraction of sp³-hybridized carbons (Fsp3) is 0.629. The monoisotopic (exact) mass is 666 g/mol. The van der Waals surface area contributed by atoms with E-state index in [9.17, 15) is 19.2 Å². The Morgan fingerprint density at radius 2 is 1.58 bits per heavy atom. The van der Waals surface area contributed by atoms with Gasteiger partial charge in [0.05, 0.1) is 5.69 Å². The summed E-state index contributed by atoms with van der Waals surface area (Å²) in [5.74, 6) is -2.39. The van der Waals surface area contributed by atoms with Gasteiger partial charge in [-0.3, -0.25) is 19.1 Å². The smallest absolute Gasteiger partial charge is 0.315 e. The fourth-order valence-corrected chi connectivity index (χ4v) is 6.70. The van der Waals surface area contributed by atoms with Gasteiger partial charge in [0.2, 0.25) is 11.8 Å². The quantitative estimate of drug-likeness (QED) is 0.267. The van der Waals surface area contributed by atoms with Gasteiger partial charge in [-0.2, -0.15) is 5.10 Å². The third kappa shape index (κ3) is 8.91. The average molecular weight is 667 g/mol. The molecular weight excluding hydrogens is 615 g/mol. The number of anilines is 1. The number of amides is 5. The highest BCUT2D eigenvalue weighted by Gasteiger charge is 2.35. The third-order valence-corrected chi connectivity index (χ3v) is 9.89. The zero-order valence-electron chi connectivity index (χ0n) is 28.6. The van der Waals surface area contributed by atoms with Crippen LogP contribution in [0.4, 0.5) is 14.9 Å². The Hall–Kier alpha value is -4.00. The first-order valence-electron chi connectivity index (χ1n) is 17.5. The molecule has 2 saturated carbocycles. The van der Waals surface area contributed by atoms with Crippen molar-refractivity contribution in [1.29, 1.82) is 0 Å². The molecule has 48 heavy (non-hydrogen) atoms. The molecule has 3 aliphatic rings. The zero-order chi connectivity index (χ0) is 34.4. The van der Waals surface area contributed by atoms with Crippen molar-refractivity contribution >= 4 is 29.4 Å². The van der Waals surface area contributed by atoms with Crippen molar-refractivity contribution in [1.82, 2.24) is 35.5 Å². The van der Waals surface area contributed by atoms with Gasteiger partial charge in [-0.05, 0) is 76.3 Å². The van der Waals surface area contributed by atoms with Crippen LogP contribution in [0, 0.1) is 11.7 Å². The number of halogens is 1. The van der Waals surface area contributed by atoms with Crippen molar-refractivity contribution in [3.63, 3.8) is 0 Å². The highest BCUT2D eigenvalue weighted by atomic mass is 19.1. The van der Waals surface area contributed by atoms with Crippen molar-refractivity contribution in [2.45, 2.75) is 102 Å². The predicted octanol–water partition coefficient (Wildman–Crippen LogP) is 4.02. The third-order valence-electron chi connectivity index (χ3n) is 9.89. The number of rotatable bonds is 11. The fourth-order valence-electron chi connectivity index (χ4n) is 6.70. The number of nitrogens with zero attached hydrogens (tertiary/aromatic N) is 4. The number of nitrogens with one attached hydrogen (secondary N) is 4. The van der Waals surface area contributed by atoms with Crippen molar-refractivity contribution < 1.29 is 23.6 Å². The van der Waals surface area contributed by atoms with Crippen molar-refractivity contribution in [3.05, 3.63) is 47.5 Å². The summed E-state index contributed by atoms with van der Waals surface area (Å²) >= 11 is 0. The molecule has 13 heteroatoms. The summed E-state index contributed by atoms with van der Waals surface area (Å²) in [5, 5.41) is 15.7. The van der Waals surface area contributed by atoms with Gasteiger partial charge in [0.25, 0.3) is 5.91 Å². The molecule has 3 atom stereocenters. The number of piperazine rings is 1. The molecule has 262 valence electrons. The van der Waals surface area contributed by atoms with E-state index < -0.39 is 41.7 Å². The second-order valence-corrected chi connectivity index (χ2v) is 14.0. The van der Waals surface area contributed by atoms with Crippen LogP contribution < -0.4 is 21.3 Å². The minimum atomic E-state index is -0.902. The van der Waals surface area contributed by atoms with Gasteiger partial charge in [-0.15, -0.1) is 0 Å². The van der Waals surface area contributed by atoms with Gasteiger partial charge in [0.1, 0.15) is 23.6 Å². The maximum atomic E-state index is 15.8. The Balaban J connectivity index is 1.32. The lowest BCUT2D eigenvalue weighted by molar-refractivity contribution is -0.135. The lowest BCUT2D eigenvalue weighted by Gasteiger charge is -2.36. The number of aromatic nitrogens is 2. The topological polar surface area (TPSA) is 141 Å². The van der Waals surface area contributed by atoms with Gasteiger partial charge < -0.3 is 31.1 Å². The standard InChI is InChI=1S/C35H51FN8O4/c1-22(2)44-29(15-16-37-44)32(45)40-31(24-9-7-5-6-8-10-24)33(46)39-28-14-11-25(21-27(28)36)23(3)30(41-35(48)38-26-12-13-26)34(47)43-19-17-42(4)18-20-43/h11,14-16,21-24,26,30-31H,5-10,12-13,17-20H2,1-4H3,(H,39,46)(H,40,45)(H2,38,41,48). The Morgan fingerprint density at radius 3 is 2.21 bits per heavy atom. The maximum absolute atomic E-state index is 15.8. The molecule has 4 N–H and O–H groups in total. The lowest BCUT2D eigenvalue weighted by atomic mass is 9.90. The normalized spacial score (nSPS) is 19.6. The van der Waals surface area contributed by atoms with Gasteiger partial charge in [-0.25, -0.2) is 9.18 Å². The molecular formula is C35H51FN8O4. The first-order chi connectivity index (χ1) is 23.0. The highest BCUT2D eigenvalue weighted by molar-refractivity contribution is 6.00. The second kappa shape index (κ2) is 15.9. The van der Waals surface area contributed by atoms with Gasteiger partial charge in [0, 0.05) is 50.4 Å². The Morgan fingerprint density at radius 1 is 0.896 bits per heavy atom. The van der Waals surface area contributed by atoms with Crippen LogP contribution in [-0.4, -0.2) is 94.7 Å². The summed E-state index contributed by atoms with van der Waals surface area (Å²) in [4.78, 5) is 57.6. The summed E-state index contributed by atoms with van der Waals surface area (Å²) in [6, 6.07) is 4.00. The highest BCUT2D eigenvalue weighted by Crippen LogP contribution is 2.29. The molecule has 2 aromatic rings. The summed E-state index contributed by atoms with van der Waals surface area (Å²) in [7, 11) is 2.00. The number of carbonyl (C=O) groups is 4. The van der Waals surface area contributed by atoms with Crippen LogP contribution in [0.5, 0.6) is 0 Å². The molecule has 2 aliphatic carbocycles. The zero-order valence-corrected chi connectivity index (χ0v) is 28.6. The van der Waals surface area contributed by atoms with Gasteiger partial charge in [0.15, 0.2) is 0 Å².